The van der Waals surface area contributed by atoms with Crippen LogP contribution in [0.2, 0.25) is 0 Å². The number of amides is 1. The van der Waals surface area contributed by atoms with Crippen molar-refractivity contribution in [3.8, 4) is 5.75 Å². The number of rotatable bonds is 5. The van der Waals surface area contributed by atoms with Crippen LogP contribution >= 0.6 is 0 Å². The number of anilines is 1. The van der Waals surface area contributed by atoms with Gasteiger partial charge in [0.25, 0.3) is 5.91 Å². The van der Waals surface area contributed by atoms with E-state index in [0.29, 0.717) is 17.9 Å². The molecule has 31 heavy (non-hydrogen) atoms. The van der Waals surface area contributed by atoms with Gasteiger partial charge in [0.2, 0.25) is 0 Å². The molecule has 0 N–H and O–H groups in total. The van der Waals surface area contributed by atoms with Crippen LogP contribution in [0.4, 0.5) is 5.69 Å². The molecule has 2 aromatic carbocycles. The molecule has 1 aliphatic carbocycles. The zero-order valence-corrected chi connectivity index (χ0v) is 16.9. The van der Waals surface area contributed by atoms with Crippen LogP contribution in [0.1, 0.15) is 23.1 Å². The first-order valence-electron chi connectivity index (χ1n) is 10.4. The van der Waals surface area contributed by atoms with Crippen molar-refractivity contribution < 1.29 is 23.5 Å². The third-order valence-electron chi connectivity index (χ3n) is 5.85. The number of esters is 1. The first kappa shape index (κ1) is 19.4. The second kappa shape index (κ2) is 7.91. The smallest absolute Gasteiger partial charge is 0.344 e. The van der Waals surface area contributed by atoms with Gasteiger partial charge in [-0.25, -0.2) is 9.59 Å². The van der Waals surface area contributed by atoms with Crippen LogP contribution in [0, 0.1) is 0 Å². The normalized spacial score (nSPS) is 14.4. The second-order valence-electron chi connectivity index (χ2n) is 7.73. The Morgan fingerprint density at radius 2 is 1.84 bits per heavy atom. The summed E-state index contributed by atoms with van der Waals surface area (Å²) in [6.45, 7) is -0.0992. The fourth-order valence-corrected chi connectivity index (χ4v) is 4.36. The molecule has 0 saturated carbocycles. The van der Waals surface area contributed by atoms with E-state index in [9.17, 15) is 14.4 Å². The Morgan fingerprint density at radius 3 is 2.74 bits per heavy atom. The lowest BCUT2D eigenvalue weighted by atomic mass is 10.1. The van der Waals surface area contributed by atoms with Crippen molar-refractivity contribution in [3.63, 3.8) is 0 Å². The van der Waals surface area contributed by atoms with E-state index in [1.54, 1.807) is 17.0 Å². The summed E-state index contributed by atoms with van der Waals surface area (Å²) in [5.74, 6) is -0.513. The van der Waals surface area contributed by atoms with Gasteiger partial charge in [-0.15, -0.1) is 0 Å². The van der Waals surface area contributed by atoms with Crippen molar-refractivity contribution >= 4 is 28.5 Å². The minimum Gasteiger partial charge on any atom is -0.482 e. The van der Waals surface area contributed by atoms with E-state index in [-0.39, 0.29) is 24.7 Å². The topological polar surface area (TPSA) is 86.0 Å². The van der Waals surface area contributed by atoms with Crippen molar-refractivity contribution in [3.05, 3.63) is 69.6 Å². The van der Waals surface area contributed by atoms with Crippen LogP contribution in [0.15, 0.2) is 51.7 Å². The molecule has 0 spiro atoms. The molecule has 7 nitrogen and oxygen atoms in total. The lowest BCUT2D eigenvalue weighted by Crippen LogP contribution is -2.33. The number of carbonyl (C=O) groups excluding carboxylic acids is 2. The molecule has 2 aliphatic rings. The van der Waals surface area contributed by atoms with Crippen LogP contribution in [0.25, 0.3) is 11.0 Å². The molecule has 1 aromatic heterocycles. The number of benzene rings is 2. The Labute approximate surface area is 178 Å². The van der Waals surface area contributed by atoms with E-state index >= 15 is 0 Å². The van der Waals surface area contributed by atoms with Crippen LogP contribution in [-0.4, -0.2) is 31.6 Å². The Hall–Kier alpha value is -3.61. The van der Waals surface area contributed by atoms with Gasteiger partial charge in [-0.2, -0.15) is 0 Å². The van der Waals surface area contributed by atoms with Crippen LogP contribution < -0.4 is 15.3 Å². The van der Waals surface area contributed by atoms with E-state index in [1.165, 1.54) is 0 Å². The molecule has 2 heterocycles. The zero-order chi connectivity index (χ0) is 21.4. The molecule has 158 valence electrons. The quantitative estimate of drug-likeness (QED) is 0.467. The first-order chi connectivity index (χ1) is 15.1. The largest absolute Gasteiger partial charge is 0.482 e. The molecular formula is C24H21NO6. The Bertz CT molecular complexity index is 1240. The van der Waals surface area contributed by atoms with Crippen molar-refractivity contribution in [2.45, 2.75) is 25.7 Å². The maximum absolute atomic E-state index is 12.4. The standard InChI is InChI=1S/C24H21NO6/c26-22(25-11-10-15-4-1-2-7-20(15)25)13-30-23(27)14-29-16-8-9-18-17-5-3-6-19(17)24(28)31-21(18)12-16/h1-2,4,7-9,12H,3,5-6,10-11,13-14H2. The van der Waals surface area contributed by atoms with Crippen molar-refractivity contribution in [2.24, 2.45) is 0 Å². The van der Waals surface area contributed by atoms with Gasteiger partial charge < -0.3 is 18.8 Å². The highest BCUT2D eigenvalue weighted by Gasteiger charge is 2.25. The lowest BCUT2D eigenvalue weighted by Gasteiger charge is -2.17. The van der Waals surface area contributed by atoms with Crippen LogP contribution in [0.5, 0.6) is 5.75 Å². The highest BCUT2D eigenvalue weighted by molar-refractivity contribution is 5.97. The number of hydrogen-bond donors (Lipinski definition) is 0. The number of ether oxygens (including phenoxy) is 2. The summed E-state index contributed by atoms with van der Waals surface area (Å²) < 4.78 is 16.0. The van der Waals surface area contributed by atoms with E-state index in [2.05, 4.69) is 0 Å². The predicted molar refractivity (Wildman–Crippen MR) is 113 cm³/mol. The van der Waals surface area contributed by atoms with Crippen LogP contribution in [-0.2, 0) is 33.6 Å². The average Bonchev–Trinajstić information content (AvgIpc) is 3.44. The minimum atomic E-state index is -0.642. The maximum atomic E-state index is 12.4. The summed E-state index contributed by atoms with van der Waals surface area (Å²) in [5, 5.41) is 0.901. The molecule has 7 heteroatoms. The van der Waals surface area contributed by atoms with Gasteiger partial charge in [-0.1, -0.05) is 18.2 Å². The summed E-state index contributed by atoms with van der Waals surface area (Å²) in [6, 6.07) is 12.9. The molecule has 1 amide bonds. The number of nitrogens with zero attached hydrogens (tertiary/aromatic N) is 1. The van der Waals surface area contributed by atoms with Crippen molar-refractivity contribution in [2.75, 3.05) is 24.7 Å². The van der Waals surface area contributed by atoms with Gasteiger partial charge in [-0.05, 0) is 55.0 Å². The number of hydrogen-bond acceptors (Lipinski definition) is 6. The summed E-state index contributed by atoms with van der Waals surface area (Å²) in [5.41, 5.74) is 3.91. The first-order valence-corrected chi connectivity index (χ1v) is 10.4. The lowest BCUT2D eigenvalue weighted by molar-refractivity contribution is -0.149. The monoisotopic (exact) mass is 419 g/mol. The summed E-state index contributed by atoms with van der Waals surface area (Å²) in [6.07, 6.45) is 3.35. The molecule has 0 unspecified atom stereocenters. The molecule has 0 atom stereocenters. The van der Waals surface area contributed by atoms with Crippen molar-refractivity contribution in [1.82, 2.24) is 0 Å². The average molecular weight is 419 g/mol. The van der Waals surface area contributed by atoms with Gasteiger partial charge in [-0.3, -0.25) is 4.79 Å². The number of fused-ring (bicyclic) bond motifs is 4. The number of para-hydroxylation sites is 1. The third kappa shape index (κ3) is 3.67. The fraction of sp³-hybridized carbons (Fsp3) is 0.292. The van der Waals surface area contributed by atoms with Gasteiger partial charge in [0.05, 0.1) is 0 Å². The second-order valence-corrected chi connectivity index (χ2v) is 7.73. The number of carbonyl (C=O) groups is 2. The molecule has 0 bridgehead atoms. The SMILES string of the molecule is O=C(COc1ccc2c3c(c(=O)oc2c1)CCC3)OCC(=O)N1CCc2ccccc21. The summed E-state index contributed by atoms with van der Waals surface area (Å²) in [7, 11) is 0. The van der Waals surface area contributed by atoms with Crippen LogP contribution in [0.3, 0.4) is 0 Å². The predicted octanol–water partition coefficient (Wildman–Crippen LogP) is 2.79. The minimum absolute atomic E-state index is 0.264. The van der Waals surface area contributed by atoms with E-state index in [0.717, 1.165) is 53.4 Å². The van der Waals surface area contributed by atoms with Gasteiger partial charge in [0.1, 0.15) is 11.3 Å². The maximum Gasteiger partial charge on any atom is 0.344 e. The molecule has 3 aromatic rings. The Balaban J connectivity index is 1.18. The third-order valence-corrected chi connectivity index (χ3v) is 5.85. The molecule has 5 rings (SSSR count). The molecular weight excluding hydrogens is 398 g/mol. The highest BCUT2D eigenvalue weighted by Crippen LogP contribution is 2.30. The Morgan fingerprint density at radius 1 is 1.00 bits per heavy atom. The van der Waals surface area contributed by atoms with E-state index in [4.69, 9.17) is 13.9 Å². The highest BCUT2D eigenvalue weighted by atomic mass is 16.6. The fourth-order valence-electron chi connectivity index (χ4n) is 4.36. The zero-order valence-electron chi connectivity index (χ0n) is 16.9. The van der Waals surface area contributed by atoms with Gasteiger partial charge in [0, 0.05) is 29.2 Å². The van der Waals surface area contributed by atoms with E-state index < -0.39 is 5.97 Å². The summed E-state index contributed by atoms with van der Waals surface area (Å²) >= 11 is 0. The summed E-state index contributed by atoms with van der Waals surface area (Å²) in [4.78, 5) is 38.2. The molecule has 0 radical (unpaired) electrons. The number of aryl methyl sites for hydroxylation is 1. The Kier molecular flexibility index (Phi) is 4.94. The van der Waals surface area contributed by atoms with Gasteiger partial charge >= 0.3 is 11.6 Å². The van der Waals surface area contributed by atoms with Crippen molar-refractivity contribution in [1.29, 1.82) is 0 Å². The van der Waals surface area contributed by atoms with Gasteiger partial charge in [0.15, 0.2) is 13.2 Å². The van der Waals surface area contributed by atoms with E-state index in [1.807, 2.05) is 30.3 Å². The molecule has 0 fully saturated rings. The molecule has 0 saturated heterocycles. The molecule has 1 aliphatic heterocycles.